The molecular formula is C14H15NO3. The van der Waals surface area contributed by atoms with Crippen LogP contribution in [0.15, 0.2) is 24.3 Å². The van der Waals surface area contributed by atoms with E-state index in [2.05, 4.69) is 11.2 Å². The third kappa shape index (κ3) is 2.95. The summed E-state index contributed by atoms with van der Waals surface area (Å²) in [6.07, 6.45) is 5.97. The molecule has 2 rings (SSSR count). The summed E-state index contributed by atoms with van der Waals surface area (Å²) >= 11 is 0. The number of terminal acetylenes is 1. The molecule has 94 valence electrons. The molecule has 1 heterocycles. The van der Waals surface area contributed by atoms with Gasteiger partial charge in [-0.2, -0.15) is 0 Å². The number of carbonyl (C=O) groups excluding carboxylic acids is 1. The van der Waals surface area contributed by atoms with Crippen molar-refractivity contribution in [3.8, 4) is 23.8 Å². The molecule has 0 radical (unpaired) electrons. The number of ether oxygens (including phenoxy) is 2. The van der Waals surface area contributed by atoms with Crippen LogP contribution in [0.25, 0.3) is 0 Å². The van der Waals surface area contributed by atoms with E-state index >= 15 is 0 Å². The summed E-state index contributed by atoms with van der Waals surface area (Å²) in [6.45, 7) is 0.794. The van der Waals surface area contributed by atoms with E-state index in [1.807, 2.05) is 18.2 Å². The lowest BCUT2D eigenvalue weighted by Crippen LogP contribution is -2.44. The summed E-state index contributed by atoms with van der Waals surface area (Å²) in [4.78, 5) is 11.8. The van der Waals surface area contributed by atoms with Crippen LogP contribution in [0.4, 0.5) is 0 Å². The number of fused-ring (bicyclic) bond motifs is 1. The molecule has 4 nitrogen and oxygen atoms in total. The number of unbranched alkanes of at least 4 members (excludes halogenated alkanes) is 1. The van der Waals surface area contributed by atoms with Crippen molar-refractivity contribution >= 4 is 5.91 Å². The van der Waals surface area contributed by atoms with Crippen molar-refractivity contribution in [3.05, 3.63) is 24.3 Å². The fourth-order valence-electron chi connectivity index (χ4n) is 1.66. The van der Waals surface area contributed by atoms with Crippen LogP contribution in [0.3, 0.4) is 0 Å². The summed E-state index contributed by atoms with van der Waals surface area (Å²) in [5.41, 5.74) is 0. The first-order chi connectivity index (χ1) is 8.81. The Kier molecular flexibility index (Phi) is 4.08. The van der Waals surface area contributed by atoms with E-state index in [0.717, 1.165) is 6.42 Å². The maximum absolute atomic E-state index is 11.8. The minimum absolute atomic E-state index is 0.165. The zero-order chi connectivity index (χ0) is 12.8. The topological polar surface area (TPSA) is 47.6 Å². The first kappa shape index (κ1) is 12.3. The molecule has 1 aromatic rings. The summed E-state index contributed by atoms with van der Waals surface area (Å²) < 4.78 is 11.0. The molecule has 1 N–H and O–H groups in total. The van der Waals surface area contributed by atoms with Gasteiger partial charge < -0.3 is 14.8 Å². The van der Waals surface area contributed by atoms with E-state index < -0.39 is 6.10 Å². The highest BCUT2D eigenvalue weighted by Crippen LogP contribution is 2.30. The number of hydrogen-bond donors (Lipinski definition) is 1. The molecule has 1 amide bonds. The summed E-state index contributed by atoms with van der Waals surface area (Å²) in [7, 11) is 0. The Morgan fingerprint density at radius 1 is 1.44 bits per heavy atom. The van der Waals surface area contributed by atoms with Crippen molar-refractivity contribution in [3.63, 3.8) is 0 Å². The molecule has 0 bridgehead atoms. The standard InChI is InChI=1S/C14H15NO3/c1-2-3-6-9-15-14(16)13-10-17-11-7-4-5-8-12(11)18-13/h1,4-5,7-8,13H,3,6,9-10H2,(H,15,16). The molecule has 0 saturated carbocycles. The van der Waals surface area contributed by atoms with Gasteiger partial charge in [0.25, 0.3) is 5.91 Å². The number of amides is 1. The molecule has 1 atom stereocenters. The third-order valence-corrected chi connectivity index (χ3v) is 2.60. The monoisotopic (exact) mass is 245 g/mol. The second-order valence-corrected chi connectivity index (χ2v) is 3.96. The predicted molar refractivity (Wildman–Crippen MR) is 67.4 cm³/mol. The molecule has 0 saturated heterocycles. The molecule has 1 aliphatic rings. The Morgan fingerprint density at radius 3 is 3.00 bits per heavy atom. The maximum Gasteiger partial charge on any atom is 0.264 e. The third-order valence-electron chi connectivity index (χ3n) is 2.60. The zero-order valence-electron chi connectivity index (χ0n) is 10.0. The number of para-hydroxylation sites is 2. The lowest BCUT2D eigenvalue weighted by atomic mass is 10.2. The number of carbonyl (C=O) groups is 1. The summed E-state index contributed by atoms with van der Waals surface area (Å²) in [6, 6.07) is 7.31. The average molecular weight is 245 g/mol. The van der Waals surface area contributed by atoms with E-state index in [-0.39, 0.29) is 12.5 Å². The predicted octanol–water partition coefficient (Wildman–Crippen LogP) is 1.36. The fraction of sp³-hybridized carbons (Fsp3) is 0.357. The van der Waals surface area contributed by atoms with Crippen molar-refractivity contribution in [1.29, 1.82) is 0 Å². The highest BCUT2D eigenvalue weighted by Gasteiger charge is 2.26. The van der Waals surface area contributed by atoms with Crippen LogP contribution >= 0.6 is 0 Å². The van der Waals surface area contributed by atoms with Crippen LogP contribution in [-0.2, 0) is 4.79 Å². The van der Waals surface area contributed by atoms with Crippen LogP contribution in [0.2, 0.25) is 0 Å². The summed E-state index contributed by atoms with van der Waals surface area (Å²) in [5.74, 6) is 3.64. The number of rotatable bonds is 4. The molecule has 1 aliphatic heterocycles. The van der Waals surface area contributed by atoms with E-state index in [1.165, 1.54) is 0 Å². The summed E-state index contributed by atoms with van der Waals surface area (Å²) in [5, 5.41) is 2.78. The van der Waals surface area contributed by atoms with Crippen molar-refractivity contribution in [2.45, 2.75) is 18.9 Å². The molecule has 0 fully saturated rings. The van der Waals surface area contributed by atoms with Gasteiger partial charge in [0.1, 0.15) is 6.61 Å². The number of hydrogen-bond acceptors (Lipinski definition) is 3. The first-order valence-electron chi connectivity index (χ1n) is 5.91. The molecule has 0 spiro atoms. The number of nitrogens with one attached hydrogen (secondary N) is 1. The van der Waals surface area contributed by atoms with Gasteiger partial charge in [0, 0.05) is 13.0 Å². The minimum atomic E-state index is -0.592. The van der Waals surface area contributed by atoms with Gasteiger partial charge in [0.15, 0.2) is 11.5 Å². The first-order valence-corrected chi connectivity index (χ1v) is 5.91. The normalized spacial score (nSPS) is 16.7. The Morgan fingerprint density at radius 2 is 2.22 bits per heavy atom. The number of benzene rings is 1. The molecule has 18 heavy (non-hydrogen) atoms. The van der Waals surface area contributed by atoms with E-state index in [0.29, 0.717) is 24.5 Å². The van der Waals surface area contributed by atoms with Gasteiger partial charge in [-0.3, -0.25) is 4.79 Å². The van der Waals surface area contributed by atoms with Crippen LogP contribution in [0.1, 0.15) is 12.8 Å². The zero-order valence-corrected chi connectivity index (χ0v) is 10.0. The second kappa shape index (κ2) is 5.97. The molecule has 0 aromatic heterocycles. The van der Waals surface area contributed by atoms with Gasteiger partial charge in [0.05, 0.1) is 0 Å². The van der Waals surface area contributed by atoms with Gasteiger partial charge in [-0.25, -0.2) is 0 Å². The smallest absolute Gasteiger partial charge is 0.264 e. The lowest BCUT2D eigenvalue weighted by molar-refractivity contribution is -0.130. The lowest BCUT2D eigenvalue weighted by Gasteiger charge is -2.25. The van der Waals surface area contributed by atoms with Crippen molar-refractivity contribution in [2.24, 2.45) is 0 Å². The SMILES string of the molecule is C#CCCCNC(=O)C1COc2ccccc2O1. The maximum atomic E-state index is 11.8. The highest BCUT2D eigenvalue weighted by molar-refractivity contribution is 5.81. The van der Waals surface area contributed by atoms with Gasteiger partial charge in [-0.1, -0.05) is 12.1 Å². The fourth-order valence-corrected chi connectivity index (χ4v) is 1.66. The van der Waals surface area contributed by atoms with Gasteiger partial charge in [-0.15, -0.1) is 12.3 Å². The van der Waals surface area contributed by atoms with E-state index in [9.17, 15) is 4.79 Å². The van der Waals surface area contributed by atoms with E-state index in [4.69, 9.17) is 15.9 Å². The molecule has 0 aliphatic carbocycles. The highest BCUT2D eigenvalue weighted by atomic mass is 16.6. The molecule has 1 unspecified atom stereocenters. The Bertz CT molecular complexity index is 464. The quantitative estimate of drug-likeness (QED) is 0.643. The Labute approximate surface area is 106 Å². The van der Waals surface area contributed by atoms with Gasteiger partial charge >= 0.3 is 0 Å². The van der Waals surface area contributed by atoms with Gasteiger partial charge in [0.2, 0.25) is 6.10 Å². The van der Waals surface area contributed by atoms with Crippen molar-refractivity contribution in [1.82, 2.24) is 5.32 Å². The second-order valence-electron chi connectivity index (χ2n) is 3.96. The van der Waals surface area contributed by atoms with Crippen LogP contribution in [0, 0.1) is 12.3 Å². The molecular weight excluding hydrogens is 230 g/mol. The minimum Gasteiger partial charge on any atom is -0.485 e. The Balaban J connectivity index is 1.85. The van der Waals surface area contributed by atoms with E-state index in [1.54, 1.807) is 6.07 Å². The van der Waals surface area contributed by atoms with Crippen molar-refractivity contribution < 1.29 is 14.3 Å². The van der Waals surface area contributed by atoms with Crippen LogP contribution in [0.5, 0.6) is 11.5 Å². The van der Waals surface area contributed by atoms with Crippen LogP contribution in [-0.4, -0.2) is 25.2 Å². The van der Waals surface area contributed by atoms with Crippen LogP contribution < -0.4 is 14.8 Å². The van der Waals surface area contributed by atoms with Gasteiger partial charge in [-0.05, 0) is 18.6 Å². The Hall–Kier alpha value is -2.15. The average Bonchev–Trinajstić information content (AvgIpc) is 2.43. The van der Waals surface area contributed by atoms with Crippen molar-refractivity contribution in [2.75, 3.05) is 13.2 Å². The molecule has 4 heteroatoms. The molecule has 1 aromatic carbocycles. The largest absolute Gasteiger partial charge is 0.485 e.